The topological polar surface area (TPSA) is 71.8 Å². The molecule has 0 bridgehead atoms. The number of oxime groups is 1. The summed E-state index contributed by atoms with van der Waals surface area (Å²) in [6.45, 7) is 0. The zero-order valence-corrected chi connectivity index (χ0v) is 10.6. The average molecular weight is 268 g/mol. The largest absolute Gasteiger partial charge is 0.478 e. The maximum absolute atomic E-state index is 10.8. The monoisotopic (exact) mass is 268 g/mol. The molecule has 0 amide bonds. The molecule has 1 aliphatic heterocycles. The van der Waals surface area contributed by atoms with Gasteiger partial charge in [0.15, 0.2) is 6.10 Å². The van der Waals surface area contributed by atoms with Crippen LogP contribution in [0.25, 0.3) is 0 Å². The molecule has 1 atom stereocenters. The predicted molar refractivity (Wildman–Crippen MR) is 72.6 cm³/mol. The summed E-state index contributed by atoms with van der Waals surface area (Å²) in [5, 5.41) is 12.9. The molecule has 0 saturated carbocycles. The number of aromatic carboxylic acids is 1. The van der Waals surface area contributed by atoms with Gasteiger partial charge in [0.1, 0.15) is 0 Å². The summed E-state index contributed by atoms with van der Waals surface area (Å²) in [4.78, 5) is 20.5. The third-order valence-corrected chi connectivity index (χ3v) is 3.15. The van der Waals surface area contributed by atoms with Gasteiger partial charge in [0.25, 0.3) is 0 Å². The van der Waals surface area contributed by atoms with Gasteiger partial charge in [0, 0.05) is 12.6 Å². The minimum atomic E-state index is -0.937. The van der Waals surface area contributed by atoms with E-state index in [1.54, 1.807) is 30.5 Å². The molecule has 5 nitrogen and oxygen atoms in total. The molecule has 1 aliphatic rings. The lowest BCUT2D eigenvalue weighted by molar-refractivity contribution is 0.0697. The van der Waals surface area contributed by atoms with Gasteiger partial charge < -0.3 is 9.94 Å². The van der Waals surface area contributed by atoms with Crippen LogP contribution < -0.4 is 0 Å². The highest BCUT2D eigenvalue weighted by Gasteiger charge is 2.24. The Morgan fingerprint density at radius 1 is 1.20 bits per heavy atom. The highest BCUT2D eigenvalue weighted by molar-refractivity contribution is 6.02. The third kappa shape index (κ3) is 2.38. The van der Waals surface area contributed by atoms with E-state index in [9.17, 15) is 4.79 Å². The van der Waals surface area contributed by atoms with Crippen LogP contribution in [0.4, 0.5) is 0 Å². The van der Waals surface area contributed by atoms with Gasteiger partial charge in [0.2, 0.25) is 0 Å². The molecule has 2 heterocycles. The summed E-state index contributed by atoms with van der Waals surface area (Å²) in [6.07, 6.45) is 2.17. The number of carboxylic acids is 1. The Morgan fingerprint density at radius 3 is 2.65 bits per heavy atom. The Balaban J connectivity index is 1.75. The van der Waals surface area contributed by atoms with Crippen molar-refractivity contribution < 1.29 is 14.7 Å². The van der Waals surface area contributed by atoms with Gasteiger partial charge in [-0.3, -0.25) is 4.98 Å². The summed E-state index contributed by atoms with van der Waals surface area (Å²) in [6, 6.07) is 12.3. The Kier molecular flexibility index (Phi) is 3.16. The molecule has 0 spiro atoms. The van der Waals surface area contributed by atoms with E-state index in [4.69, 9.17) is 9.94 Å². The van der Waals surface area contributed by atoms with E-state index in [0.29, 0.717) is 6.42 Å². The first-order chi connectivity index (χ1) is 9.74. The molecule has 0 radical (unpaired) electrons. The van der Waals surface area contributed by atoms with Gasteiger partial charge >= 0.3 is 5.97 Å². The fourth-order valence-corrected chi connectivity index (χ4v) is 2.08. The number of nitrogens with zero attached hydrogens (tertiary/aromatic N) is 2. The first-order valence-electron chi connectivity index (χ1n) is 6.21. The first kappa shape index (κ1) is 12.3. The molecule has 1 N–H and O–H groups in total. The average Bonchev–Trinajstić information content (AvgIpc) is 2.98. The van der Waals surface area contributed by atoms with Crippen molar-refractivity contribution >= 4 is 11.7 Å². The fourth-order valence-electron chi connectivity index (χ4n) is 2.08. The van der Waals surface area contributed by atoms with Crippen molar-refractivity contribution in [2.45, 2.75) is 12.5 Å². The predicted octanol–water partition coefficient (Wildman–Crippen LogP) is 2.65. The number of rotatable bonds is 3. The summed E-state index contributed by atoms with van der Waals surface area (Å²) < 4.78 is 0. The highest BCUT2D eigenvalue weighted by Crippen LogP contribution is 2.28. The van der Waals surface area contributed by atoms with Crippen molar-refractivity contribution in [3.63, 3.8) is 0 Å². The quantitative estimate of drug-likeness (QED) is 0.928. The van der Waals surface area contributed by atoms with Crippen molar-refractivity contribution in [3.8, 4) is 0 Å². The number of carbonyl (C=O) groups is 1. The van der Waals surface area contributed by atoms with E-state index in [2.05, 4.69) is 10.1 Å². The second kappa shape index (κ2) is 5.13. The van der Waals surface area contributed by atoms with Crippen molar-refractivity contribution in [3.05, 3.63) is 65.5 Å². The van der Waals surface area contributed by atoms with E-state index in [0.717, 1.165) is 17.0 Å². The molecule has 5 heteroatoms. The maximum atomic E-state index is 10.8. The highest BCUT2D eigenvalue weighted by atomic mass is 16.6. The normalized spacial score (nSPS) is 17.4. The number of pyridine rings is 1. The summed E-state index contributed by atoms with van der Waals surface area (Å²) in [5.74, 6) is -0.937. The lowest BCUT2D eigenvalue weighted by atomic mass is 10.0. The van der Waals surface area contributed by atoms with Crippen LogP contribution in [0.15, 0.2) is 53.8 Å². The van der Waals surface area contributed by atoms with E-state index < -0.39 is 5.97 Å². The van der Waals surface area contributed by atoms with Gasteiger partial charge in [-0.2, -0.15) is 0 Å². The van der Waals surface area contributed by atoms with Gasteiger partial charge in [-0.25, -0.2) is 4.79 Å². The van der Waals surface area contributed by atoms with E-state index in [1.807, 2.05) is 18.2 Å². The van der Waals surface area contributed by atoms with Crippen molar-refractivity contribution in [1.82, 2.24) is 4.98 Å². The molecular weight excluding hydrogens is 256 g/mol. The van der Waals surface area contributed by atoms with E-state index >= 15 is 0 Å². The van der Waals surface area contributed by atoms with Gasteiger partial charge in [0.05, 0.1) is 17.0 Å². The van der Waals surface area contributed by atoms with Crippen LogP contribution >= 0.6 is 0 Å². The Bertz CT molecular complexity index is 651. The molecular formula is C15H12N2O3. The van der Waals surface area contributed by atoms with Gasteiger partial charge in [-0.05, 0) is 29.8 Å². The molecule has 0 fully saturated rings. The van der Waals surface area contributed by atoms with Gasteiger partial charge in [-0.1, -0.05) is 23.4 Å². The van der Waals surface area contributed by atoms with E-state index in [-0.39, 0.29) is 11.7 Å². The minimum absolute atomic E-state index is 0.176. The molecule has 1 unspecified atom stereocenters. The zero-order valence-electron chi connectivity index (χ0n) is 10.6. The van der Waals surface area contributed by atoms with Crippen molar-refractivity contribution in [2.24, 2.45) is 5.16 Å². The Morgan fingerprint density at radius 2 is 2.00 bits per heavy atom. The molecule has 2 aromatic rings. The van der Waals surface area contributed by atoms with Crippen molar-refractivity contribution in [1.29, 1.82) is 0 Å². The molecule has 1 aromatic carbocycles. The second-order valence-electron chi connectivity index (χ2n) is 4.47. The SMILES string of the molecule is O=C(O)c1ccc(C2=NOC(c3ccccn3)C2)cc1. The molecule has 0 aliphatic carbocycles. The summed E-state index contributed by atoms with van der Waals surface area (Å²) in [5.41, 5.74) is 2.77. The molecule has 20 heavy (non-hydrogen) atoms. The smallest absolute Gasteiger partial charge is 0.335 e. The van der Waals surface area contributed by atoms with Crippen LogP contribution in [-0.4, -0.2) is 21.8 Å². The van der Waals surface area contributed by atoms with E-state index in [1.165, 1.54) is 0 Å². The molecule has 100 valence electrons. The number of hydrogen-bond donors (Lipinski definition) is 1. The number of aromatic nitrogens is 1. The molecule has 1 aromatic heterocycles. The van der Waals surface area contributed by atoms with Crippen LogP contribution in [0.3, 0.4) is 0 Å². The fraction of sp³-hybridized carbons (Fsp3) is 0.133. The first-order valence-corrected chi connectivity index (χ1v) is 6.21. The number of carboxylic acid groups (broad SMARTS) is 1. The Hall–Kier alpha value is -2.69. The van der Waals surface area contributed by atoms with Crippen LogP contribution in [0.1, 0.15) is 34.1 Å². The zero-order chi connectivity index (χ0) is 13.9. The molecule has 3 rings (SSSR count). The van der Waals surface area contributed by atoms with Gasteiger partial charge in [-0.15, -0.1) is 0 Å². The lowest BCUT2D eigenvalue weighted by Crippen LogP contribution is -2.04. The number of hydrogen-bond acceptors (Lipinski definition) is 4. The van der Waals surface area contributed by atoms with Crippen molar-refractivity contribution in [2.75, 3.05) is 0 Å². The molecule has 0 saturated heterocycles. The minimum Gasteiger partial charge on any atom is -0.478 e. The second-order valence-corrected chi connectivity index (χ2v) is 4.47. The summed E-state index contributed by atoms with van der Waals surface area (Å²) >= 11 is 0. The lowest BCUT2D eigenvalue weighted by Gasteiger charge is -2.06. The van der Waals surface area contributed by atoms with Crippen LogP contribution in [-0.2, 0) is 4.84 Å². The van der Waals surface area contributed by atoms with Crippen LogP contribution in [0.5, 0.6) is 0 Å². The van der Waals surface area contributed by atoms with Crippen LogP contribution in [0.2, 0.25) is 0 Å². The maximum Gasteiger partial charge on any atom is 0.335 e. The number of benzene rings is 1. The standard InChI is InChI=1S/C15H12N2O3/c18-15(19)11-6-4-10(5-7-11)13-9-14(20-17-13)12-3-1-2-8-16-12/h1-8,14H,9H2,(H,18,19). The Labute approximate surface area is 115 Å². The summed E-state index contributed by atoms with van der Waals surface area (Å²) in [7, 11) is 0. The van der Waals surface area contributed by atoms with Crippen LogP contribution in [0, 0.1) is 0 Å². The third-order valence-electron chi connectivity index (χ3n) is 3.15.